The molecule has 1 aromatic carbocycles. The summed E-state index contributed by atoms with van der Waals surface area (Å²) in [7, 11) is 0. The molecule has 0 radical (unpaired) electrons. The van der Waals surface area contributed by atoms with Gasteiger partial charge in [-0.15, -0.1) is 0 Å². The second-order valence-corrected chi connectivity index (χ2v) is 5.50. The van der Waals surface area contributed by atoms with Crippen LogP contribution in [0.2, 0.25) is 10.2 Å². The number of nitrogens with one attached hydrogen (secondary N) is 1. The Balaban J connectivity index is 2.03. The van der Waals surface area contributed by atoms with E-state index >= 15 is 0 Å². The SMILES string of the molecule is O=C(Cc1cccc(Cl)c1)Nc1cnc(Cl)c(Br)c1. The molecule has 0 unspecified atom stereocenters. The van der Waals surface area contributed by atoms with E-state index < -0.39 is 0 Å². The van der Waals surface area contributed by atoms with E-state index in [1.807, 2.05) is 12.1 Å². The van der Waals surface area contributed by atoms with Crippen LogP contribution in [0, 0.1) is 0 Å². The van der Waals surface area contributed by atoms with Crippen LogP contribution < -0.4 is 5.32 Å². The van der Waals surface area contributed by atoms with Crippen molar-refractivity contribution in [2.75, 3.05) is 5.32 Å². The minimum atomic E-state index is -0.140. The molecule has 0 aliphatic heterocycles. The molecule has 3 nitrogen and oxygen atoms in total. The minimum absolute atomic E-state index is 0.140. The molecular weight excluding hydrogens is 351 g/mol. The Bertz CT molecular complexity index is 619. The van der Waals surface area contributed by atoms with Crippen LogP contribution in [-0.4, -0.2) is 10.9 Å². The number of anilines is 1. The number of carbonyl (C=O) groups excluding carboxylic acids is 1. The van der Waals surface area contributed by atoms with Gasteiger partial charge in [0.1, 0.15) is 5.15 Å². The zero-order chi connectivity index (χ0) is 13.8. The molecule has 1 N–H and O–H groups in total. The number of carbonyl (C=O) groups is 1. The molecule has 2 aromatic rings. The van der Waals surface area contributed by atoms with Gasteiger partial charge in [0.25, 0.3) is 0 Å². The van der Waals surface area contributed by atoms with Crippen molar-refractivity contribution in [3.05, 3.63) is 56.7 Å². The standard InChI is InChI=1S/C13H9BrCl2N2O/c14-11-6-10(7-17-13(11)16)18-12(19)5-8-2-1-3-9(15)4-8/h1-4,6-7H,5H2,(H,18,19). The predicted molar refractivity (Wildman–Crippen MR) is 80.7 cm³/mol. The summed E-state index contributed by atoms with van der Waals surface area (Å²) in [5.41, 5.74) is 1.44. The summed E-state index contributed by atoms with van der Waals surface area (Å²) < 4.78 is 0.634. The average molecular weight is 360 g/mol. The smallest absolute Gasteiger partial charge is 0.228 e. The van der Waals surface area contributed by atoms with Crippen molar-refractivity contribution in [2.45, 2.75) is 6.42 Å². The Kier molecular flexibility index (Phi) is 4.80. The summed E-state index contributed by atoms with van der Waals surface area (Å²) in [6.45, 7) is 0. The number of amides is 1. The number of pyridine rings is 1. The first kappa shape index (κ1) is 14.3. The van der Waals surface area contributed by atoms with E-state index in [4.69, 9.17) is 23.2 Å². The molecule has 0 bridgehead atoms. The topological polar surface area (TPSA) is 42.0 Å². The van der Waals surface area contributed by atoms with Gasteiger partial charge in [0, 0.05) is 5.02 Å². The second-order valence-electron chi connectivity index (χ2n) is 3.85. The minimum Gasteiger partial charge on any atom is -0.324 e. The van der Waals surface area contributed by atoms with E-state index in [1.165, 1.54) is 6.20 Å². The highest BCUT2D eigenvalue weighted by Gasteiger charge is 2.06. The van der Waals surface area contributed by atoms with Crippen molar-refractivity contribution in [3.8, 4) is 0 Å². The molecule has 1 amide bonds. The van der Waals surface area contributed by atoms with E-state index in [0.29, 0.717) is 20.3 Å². The van der Waals surface area contributed by atoms with Gasteiger partial charge >= 0.3 is 0 Å². The summed E-state index contributed by atoms with van der Waals surface area (Å²) in [5.74, 6) is -0.140. The van der Waals surface area contributed by atoms with Crippen LogP contribution in [0.5, 0.6) is 0 Å². The van der Waals surface area contributed by atoms with Gasteiger partial charge in [-0.2, -0.15) is 0 Å². The molecule has 0 saturated heterocycles. The molecule has 0 fully saturated rings. The Morgan fingerprint density at radius 1 is 1.32 bits per heavy atom. The van der Waals surface area contributed by atoms with Crippen LogP contribution in [0.3, 0.4) is 0 Å². The Morgan fingerprint density at radius 3 is 2.79 bits per heavy atom. The van der Waals surface area contributed by atoms with E-state index in [9.17, 15) is 4.79 Å². The lowest BCUT2D eigenvalue weighted by molar-refractivity contribution is -0.115. The number of aromatic nitrogens is 1. The Morgan fingerprint density at radius 2 is 2.11 bits per heavy atom. The summed E-state index contributed by atoms with van der Waals surface area (Å²) in [6, 6.07) is 8.89. The van der Waals surface area contributed by atoms with E-state index in [-0.39, 0.29) is 12.3 Å². The maximum absolute atomic E-state index is 11.9. The molecule has 6 heteroatoms. The van der Waals surface area contributed by atoms with Gasteiger partial charge in [-0.1, -0.05) is 35.3 Å². The third kappa shape index (κ3) is 4.20. The third-order valence-corrected chi connectivity index (χ3v) is 3.70. The zero-order valence-corrected chi connectivity index (χ0v) is 12.8. The molecule has 0 aliphatic rings. The van der Waals surface area contributed by atoms with E-state index in [2.05, 4.69) is 26.2 Å². The van der Waals surface area contributed by atoms with E-state index in [0.717, 1.165) is 5.56 Å². The van der Waals surface area contributed by atoms with Crippen molar-refractivity contribution in [1.29, 1.82) is 0 Å². The average Bonchev–Trinajstić information content (AvgIpc) is 2.34. The van der Waals surface area contributed by atoms with Crippen molar-refractivity contribution >= 4 is 50.7 Å². The normalized spacial score (nSPS) is 10.3. The fourth-order valence-corrected chi connectivity index (χ4v) is 2.19. The molecule has 0 aliphatic carbocycles. The number of rotatable bonds is 3. The monoisotopic (exact) mass is 358 g/mol. The molecule has 19 heavy (non-hydrogen) atoms. The second kappa shape index (κ2) is 6.37. The first-order chi connectivity index (χ1) is 9.04. The molecule has 1 aromatic heterocycles. The van der Waals surface area contributed by atoms with Crippen LogP contribution in [0.15, 0.2) is 41.0 Å². The van der Waals surface area contributed by atoms with Crippen LogP contribution in [0.25, 0.3) is 0 Å². The molecular formula is C13H9BrCl2N2O. The van der Waals surface area contributed by atoms with Crippen LogP contribution >= 0.6 is 39.1 Å². The van der Waals surface area contributed by atoms with Crippen molar-refractivity contribution in [2.24, 2.45) is 0 Å². The summed E-state index contributed by atoms with van der Waals surface area (Å²) in [4.78, 5) is 15.8. The van der Waals surface area contributed by atoms with Gasteiger partial charge in [-0.3, -0.25) is 4.79 Å². The van der Waals surface area contributed by atoms with Gasteiger partial charge in [-0.25, -0.2) is 4.98 Å². The maximum Gasteiger partial charge on any atom is 0.228 e. The summed E-state index contributed by atoms with van der Waals surface area (Å²) >= 11 is 14.9. The van der Waals surface area contributed by atoms with Gasteiger partial charge in [0.15, 0.2) is 0 Å². The highest BCUT2D eigenvalue weighted by Crippen LogP contribution is 2.23. The van der Waals surface area contributed by atoms with Crippen molar-refractivity contribution in [3.63, 3.8) is 0 Å². The molecule has 0 saturated carbocycles. The van der Waals surface area contributed by atoms with Crippen LogP contribution in [-0.2, 0) is 11.2 Å². The van der Waals surface area contributed by atoms with Gasteiger partial charge in [-0.05, 0) is 39.7 Å². The lowest BCUT2D eigenvalue weighted by atomic mass is 10.1. The van der Waals surface area contributed by atoms with Gasteiger partial charge in [0.2, 0.25) is 5.91 Å². The van der Waals surface area contributed by atoms with Crippen molar-refractivity contribution in [1.82, 2.24) is 4.98 Å². The molecule has 1 heterocycles. The van der Waals surface area contributed by atoms with Gasteiger partial charge in [0.05, 0.1) is 22.8 Å². The van der Waals surface area contributed by atoms with Gasteiger partial charge < -0.3 is 5.32 Å². The third-order valence-electron chi connectivity index (χ3n) is 2.33. The predicted octanol–water partition coefficient (Wildman–Crippen LogP) is 4.33. The Labute approximate surface area is 129 Å². The first-order valence-corrected chi connectivity index (χ1v) is 6.95. The van der Waals surface area contributed by atoms with Crippen molar-refractivity contribution < 1.29 is 4.79 Å². The number of hydrogen-bond acceptors (Lipinski definition) is 2. The lowest BCUT2D eigenvalue weighted by Crippen LogP contribution is -2.14. The number of hydrogen-bond donors (Lipinski definition) is 1. The fourth-order valence-electron chi connectivity index (χ4n) is 1.53. The highest BCUT2D eigenvalue weighted by atomic mass is 79.9. The van der Waals surface area contributed by atoms with E-state index in [1.54, 1.807) is 18.2 Å². The molecule has 0 atom stereocenters. The number of benzene rings is 1. The number of nitrogens with zero attached hydrogens (tertiary/aromatic N) is 1. The Hall–Kier alpha value is -1.10. The lowest BCUT2D eigenvalue weighted by Gasteiger charge is -2.06. The quantitative estimate of drug-likeness (QED) is 0.828. The molecule has 2 rings (SSSR count). The zero-order valence-electron chi connectivity index (χ0n) is 9.66. The number of halogens is 3. The summed E-state index contributed by atoms with van der Waals surface area (Å²) in [5, 5.41) is 3.71. The fraction of sp³-hybridized carbons (Fsp3) is 0.0769. The first-order valence-electron chi connectivity index (χ1n) is 5.40. The maximum atomic E-state index is 11.9. The molecule has 0 spiro atoms. The highest BCUT2D eigenvalue weighted by molar-refractivity contribution is 9.10. The summed E-state index contributed by atoms with van der Waals surface area (Å²) in [6.07, 6.45) is 1.75. The van der Waals surface area contributed by atoms with Crippen LogP contribution in [0.4, 0.5) is 5.69 Å². The largest absolute Gasteiger partial charge is 0.324 e. The molecule has 98 valence electrons. The van der Waals surface area contributed by atoms with Crippen LogP contribution in [0.1, 0.15) is 5.56 Å².